The molecule has 1 atom stereocenters. The van der Waals surface area contributed by atoms with Crippen molar-refractivity contribution in [2.45, 2.75) is 24.9 Å². The minimum absolute atomic E-state index is 0.0382. The third-order valence-corrected chi connectivity index (χ3v) is 6.19. The highest BCUT2D eigenvalue weighted by atomic mass is 16.5. The Morgan fingerprint density at radius 1 is 0.967 bits per heavy atom. The normalized spacial score (nSPS) is 19.0. The summed E-state index contributed by atoms with van der Waals surface area (Å²) in [5.41, 5.74) is 4.80. The number of benzene rings is 2. The lowest BCUT2D eigenvalue weighted by Gasteiger charge is -2.20. The number of amides is 1. The van der Waals surface area contributed by atoms with Gasteiger partial charge in [0.1, 0.15) is 12.4 Å². The summed E-state index contributed by atoms with van der Waals surface area (Å²) in [6.45, 7) is 0.483. The summed E-state index contributed by atoms with van der Waals surface area (Å²) in [5.74, 6) is 1.33. The van der Waals surface area contributed by atoms with Crippen molar-refractivity contribution in [2.24, 2.45) is 0 Å². The number of pyridine rings is 2. The van der Waals surface area contributed by atoms with Gasteiger partial charge in [0.15, 0.2) is 0 Å². The van der Waals surface area contributed by atoms with Gasteiger partial charge in [-0.1, -0.05) is 36.4 Å². The average molecular weight is 393 g/mol. The van der Waals surface area contributed by atoms with Crippen molar-refractivity contribution in [3.63, 3.8) is 0 Å². The second kappa shape index (κ2) is 6.39. The van der Waals surface area contributed by atoms with Crippen LogP contribution >= 0.6 is 0 Å². The van der Waals surface area contributed by atoms with E-state index < -0.39 is 5.41 Å². The fourth-order valence-corrected chi connectivity index (χ4v) is 4.69. The number of hydrogen-bond acceptors (Lipinski definition) is 4. The first-order chi connectivity index (χ1) is 14.7. The van der Waals surface area contributed by atoms with Gasteiger partial charge in [-0.05, 0) is 53.8 Å². The van der Waals surface area contributed by atoms with Crippen molar-refractivity contribution in [3.8, 4) is 5.88 Å². The molecule has 1 spiro atoms. The number of carbonyl (C=O) groups is 1. The highest BCUT2D eigenvalue weighted by molar-refractivity contribution is 6.06. The van der Waals surface area contributed by atoms with Gasteiger partial charge in [0.25, 0.3) is 0 Å². The van der Waals surface area contributed by atoms with Crippen molar-refractivity contribution in [1.82, 2.24) is 9.97 Å². The summed E-state index contributed by atoms with van der Waals surface area (Å²) in [5, 5.41) is 4.02. The van der Waals surface area contributed by atoms with E-state index in [1.807, 2.05) is 54.6 Å². The van der Waals surface area contributed by atoms with Crippen LogP contribution in [-0.2, 0) is 29.7 Å². The van der Waals surface area contributed by atoms with Crippen LogP contribution in [0.4, 0.5) is 5.82 Å². The number of rotatable bonds is 3. The molecule has 1 aliphatic carbocycles. The summed E-state index contributed by atoms with van der Waals surface area (Å²) in [7, 11) is 0. The Labute approximate surface area is 173 Å². The number of anilines is 1. The molecular formula is C25H19N3O2. The largest absolute Gasteiger partial charge is 0.473 e. The van der Waals surface area contributed by atoms with Crippen LogP contribution in [0.15, 0.2) is 72.9 Å². The van der Waals surface area contributed by atoms with Gasteiger partial charge in [0.05, 0.1) is 10.9 Å². The first kappa shape index (κ1) is 17.2. The van der Waals surface area contributed by atoms with E-state index in [2.05, 4.69) is 22.4 Å². The maximum absolute atomic E-state index is 12.9. The number of nitrogens with one attached hydrogen (secondary N) is 1. The predicted molar refractivity (Wildman–Crippen MR) is 114 cm³/mol. The van der Waals surface area contributed by atoms with E-state index in [0.29, 0.717) is 31.1 Å². The molecule has 146 valence electrons. The van der Waals surface area contributed by atoms with E-state index in [4.69, 9.17) is 9.72 Å². The molecule has 0 unspecified atom stereocenters. The molecule has 6 rings (SSSR count). The van der Waals surface area contributed by atoms with Gasteiger partial charge in [-0.3, -0.25) is 4.79 Å². The highest BCUT2D eigenvalue weighted by Crippen LogP contribution is 2.47. The Bertz CT molecular complexity index is 1300. The van der Waals surface area contributed by atoms with Crippen LogP contribution in [0.5, 0.6) is 5.88 Å². The van der Waals surface area contributed by atoms with Crippen LogP contribution in [0.1, 0.15) is 22.3 Å². The molecule has 30 heavy (non-hydrogen) atoms. The minimum Gasteiger partial charge on any atom is -0.473 e. The first-order valence-electron chi connectivity index (χ1n) is 10.1. The van der Waals surface area contributed by atoms with E-state index in [-0.39, 0.29) is 5.91 Å². The Hall–Kier alpha value is -3.73. The van der Waals surface area contributed by atoms with Gasteiger partial charge in [-0.15, -0.1) is 0 Å². The molecule has 1 aliphatic heterocycles. The first-order valence-corrected chi connectivity index (χ1v) is 10.1. The van der Waals surface area contributed by atoms with Gasteiger partial charge in [-0.25, -0.2) is 9.97 Å². The van der Waals surface area contributed by atoms with E-state index in [9.17, 15) is 4.79 Å². The number of fused-ring (bicyclic) bond motifs is 4. The smallest absolute Gasteiger partial charge is 0.237 e. The Morgan fingerprint density at radius 2 is 1.80 bits per heavy atom. The second-order valence-corrected chi connectivity index (χ2v) is 8.03. The maximum Gasteiger partial charge on any atom is 0.237 e. The van der Waals surface area contributed by atoms with Gasteiger partial charge >= 0.3 is 0 Å². The zero-order valence-electron chi connectivity index (χ0n) is 16.3. The molecule has 5 heteroatoms. The summed E-state index contributed by atoms with van der Waals surface area (Å²) in [6.07, 6.45) is 3.07. The number of ether oxygens (including phenoxy) is 1. The van der Waals surface area contributed by atoms with Gasteiger partial charge < -0.3 is 10.1 Å². The van der Waals surface area contributed by atoms with Crippen LogP contribution in [-0.4, -0.2) is 15.9 Å². The van der Waals surface area contributed by atoms with Crippen molar-refractivity contribution in [3.05, 3.63) is 95.2 Å². The van der Waals surface area contributed by atoms with E-state index >= 15 is 0 Å². The highest BCUT2D eigenvalue weighted by Gasteiger charge is 2.51. The van der Waals surface area contributed by atoms with Crippen molar-refractivity contribution in [1.29, 1.82) is 0 Å². The van der Waals surface area contributed by atoms with E-state index in [1.54, 1.807) is 6.20 Å². The summed E-state index contributed by atoms with van der Waals surface area (Å²) in [4.78, 5) is 22.0. The van der Waals surface area contributed by atoms with Crippen molar-refractivity contribution in [2.75, 3.05) is 5.32 Å². The Kier molecular flexibility index (Phi) is 3.65. The topological polar surface area (TPSA) is 64.1 Å². The quantitative estimate of drug-likeness (QED) is 0.567. The third-order valence-electron chi connectivity index (χ3n) is 6.19. The lowest BCUT2D eigenvalue weighted by Crippen LogP contribution is -2.35. The molecule has 1 amide bonds. The minimum atomic E-state index is -0.560. The summed E-state index contributed by atoms with van der Waals surface area (Å²) in [6, 6.07) is 22.2. The van der Waals surface area contributed by atoms with Gasteiger partial charge in [0.2, 0.25) is 11.8 Å². The molecule has 0 radical (unpaired) electrons. The number of nitrogens with zero attached hydrogens (tertiary/aromatic N) is 2. The molecular weight excluding hydrogens is 374 g/mol. The van der Waals surface area contributed by atoms with Gasteiger partial charge in [0, 0.05) is 23.2 Å². The lowest BCUT2D eigenvalue weighted by atomic mass is 9.79. The van der Waals surface area contributed by atoms with Crippen LogP contribution in [0.2, 0.25) is 0 Å². The Morgan fingerprint density at radius 3 is 2.67 bits per heavy atom. The molecule has 0 saturated heterocycles. The van der Waals surface area contributed by atoms with Gasteiger partial charge in [-0.2, -0.15) is 0 Å². The zero-order valence-corrected chi connectivity index (χ0v) is 16.3. The number of carbonyl (C=O) groups excluding carboxylic acids is 1. The standard InChI is InChI=1S/C25H19N3O2/c29-24-25(20-7-4-10-26-23(20)28-24)13-18-11-17-8-9-22(27-21(17)12-19(18)14-25)30-15-16-5-2-1-3-6-16/h1-12H,13-15H2,(H,26,28,29)/t25-/m0/s1. The van der Waals surface area contributed by atoms with Crippen LogP contribution in [0.3, 0.4) is 0 Å². The third kappa shape index (κ3) is 2.59. The molecule has 0 saturated carbocycles. The fourth-order valence-electron chi connectivity index (χ4n) is 4.69. The zero-order chi connectivity index (χ0) is 20.1. The fraction of sp³-hybridized carbons (Fsp3) is 0.160. The second-order valence-electron chi connectivity index (χ2n) is 8.03. The monoisotopic (exact) mass is 393 g/mol. The van der Waals surface area contributed by atoms with E-state index in [1.165, 1.54) is 11.1 Å². The molecule has 1 N–H and O–H groups in total. The predicted octanol–water partition coefficient (Wildman–Crippen LogP) is 4.20. The van der Waals surface area contributed by atoms with Crippen LogP contribution < -0.4 is 10.1 Å². The SMILES string of the molecule is O=C1Nc2ncccc2[C@@]12Cc1cc3ccc(OCc4ccccc4)nc3cc1C2. The van der Waals surface area contributed by atoms with Crippen LogP contribution in [0.25, 0.3) is 10.9 Å². The Balaban J connectivity index is 1.33. The summed E-state index contributed by atoms with van der Waals surface area (Å²) < 4.78 is 5.89. The molecule has 2 aromatic carbocycles. The lowest BCUT2D eigenvalue weighted by molar-refractivity contribution is -0.120. The van der Waals surface area contributed by atoms with Crippen LogP contribution in [0, 0.1) is 0 Å². The van der Waals surface area contributed by atoms with Crippen molar-refractivity contribution < 1.29 is 9.53 Å². The summed E-state index contributed by atoms with van der Waals surface area (Å²) >= 11 is 0. The van der Waals surface area contributed by atoms with E-state index in [0.717, 1.165) is 22.0 Å². The molecule has 5 nitrogen and oxygen atoms in total. The maximum atomic E-state index is 12.9. The number of aromatic nitrogens is 2. The average Bonchev–Trinajstić information content (AvgIpc) is 3.28. The van der Waals surface area contributed by atoms with Crippen molar-refractivity contribution >= 4 is 22.6 Å². The molecule has 4 aromatic rings. The molecule has 0 bridgehead atoms. The molecule has 0 fully saturated rings. The molecule has 2 aromatic heterocycles. The molecule has 2 aliphatic rings. The molecule has 3 heterocycles. The number of hydrogen-bond donors (Lipinski definition) is 1.